The van der Waals surface area contributed by atoms with Crippen LogP contribution in [0.1, 0.15) is 42.2 Å². The third-order valence-electron chi connectivity index (χ3n) is 4.03. The summed E-state index contributed by atoms with van der Waals surface area (Å²) in [6.45, 7) is 2.63. The van der Waals surface area contributed by atoms with Crippen LogP contribution in [0.2, 0.25) is 0 Å². The molecule has 7 heteroatoms. The molecule has 1 saturated heterocycles. The van der Waals surface area contributed by atoms with Crippen molar-refractivity contribution in [3.8, 4) is 0 Å². The monoisotopic (exact) mass is 274 g/mol. The van der Waals surface area contributed by atoms with Gasteiger partial charge in [-0.15, -0.1) is 10.2 Å². The van der Waals surface area contributed by atoms with Gasteiger partial charge >= 0.3 is 0 Å². The third-order valence-corrected chi connectivity index (χ3v) is 4.03. The van der Waals surface area contributed by atoms with E-state index >= 15 is 0 Å². The molecule has 0 amide bonds. The number of fused-ring (bicyclic) bond motifs is 1. The molecule has 1 fully saturated rings. The van der Waals surface area contributed by atoms with Gasteiger partial charge in [-0.3, -0.25) is 4.68 Å². The molecule has 4 rings (SSSR count). The topological polar surface area (TPSA) is 69.8 Å². The van der Waals surface area contributed by atoms with E-state index in [0.29, 0.717) is 0 Å². The van der Waals surface area contributed by atoms with Crippen LogP contribution < -0.4 is 5.32 Å². The van der Waals surface area contributed by atoms with Crippen LogP contribution in [0.25, 0.3) is 0 Å². The number of nitrogens with zero attached hydrogens (tertiary/aromatic N) is 5. The number of aryl methyl sites for hydroxylation is 1. The maximum atomic E-state index is 5.75. The van der Waals surface area contributed by atoms with Gasteiger partial charge in [0.05, 0.1) is 12.2 Å². The summed E-state index contributed by atoms with van der Waals surface area (Å²) in [7, 11) is 1.93. The molecule has 2 aliphatic heterocycles. The largest absolute Gasteiger partial charge is 0.370 e. The first-order valence-corrected chi connectivity index (χ1v) is 7.09. The van der Waals surface area contributed by atoms with Crippen LogP contribution in [-0.2, 0) is 18.3 Å². The highest BCUT2D eigenvalue weighted by Crippen LogP contribution is 2.31. The van der Waals surface area contributed by atoms with Crippen molar-refractivity contribution in [2.24, 2.45) is 7.05 Å². The summed E-state index contributed by atoms with van der Waals surface area (Å²) in [5, 5.41) is 16.5. The summed E-state index contributed by atoms with van der Waals surface area (Å²) in [6, 6.07) is 0.0695. The fourth-order valence-electron chi connectivity index (χ4n) is 3.06. The minimum atomic E-state index is 0.0695. The van der Waals surface area contributed by atoms with Gasteiger partial charge in [-0.1, -0.05) is 0 Å². The molecule has 2 unspecified atom stereocenters. The lowest BCUT2D eigenvalue weighted by molar-refractivity contribution is 0.101. The maximum Gasteiger partial charge on any atom is 0.162 e. The van der Waals surface area contributed by atoms with Crippen LogP contribution in [0.15, 0.2) is 12.4 Å². The summed E-state index contributed by atoms with van der Waals surface area (Å²) in [6.07, 6.45) is 6.17. The first-order chi connectivity index (χ1) is 9.83. The average Bonchev–Trinajstić information content (AvgIpc) is 3.17. The molecule has 20 heavy (non-hydrogen) atoms. The lowest BCUT2D eigenvalue weighted by Gasteiger charge is -2.25. The molecule has 0 radical (unpaired) electrons. The Morgan fingerprint density at radius 2 is 2.25 bits per heavy atom. The highest BCUT2D eigenvalue weighted by molar-refractivity contribution is 5.22. The predicted molar refractivity (Wildman–Crippen MR) is 71.0 cm³/mol. The van der Waals surface area contributed by atoms with E-state index in [1.165, 1.54) is 0 Å². The van der Waals surface area contributed by atoms with Gasteiger partial charge in [0.1, 0.15) is 6.10 Å². The summed E-state index contributed by atoms with van der Waals surface area (Å²) < 4.78 is 9.77. The van der Waals surface area contributed by atoms with Crippen molar-refractivity contribution in [2.75, 3.05) is 13.2 Å². The van der Waals surface area contributed by atoms with Crippen LogP contribution >= 0.6 is 0 Å². The minimum Gasteiger partial charge on any atom is -0.370 e. The zero-order chi connectivity index (χ0) is 13.5. The molecule has 7 nitrogen and oxygen atoms in total. The Morgan fingerprint density at radius 3 is 3.00 bits per heavy atom. The Bertz CT molecular complexity index is 612. The van der Waals surface area contributed by atoms with E-state index in [9.17, 15) is 0 Å². The van der Waals surface area contributed by atoms with Crippen LogP contribution in [0.3, 0.4) is 0 Å². The quantitative estimate of drug-likeness (QED) is 0.866. The number of rotatable bonds is 2. The van der Waals surface area contributed by atoms with Crippen LogP contribution in [-0.4, -0.2) is 37.7 Å². The van der Waals surface area contributed by atoms with E-state index in [1.54, 1.807) is 0 Å². The van der Waals surface area contributed by atoms with E-state index in [1.807, 2.05) is 24.1 Å². The maximum absolute atomic E-state index is 5.75. The van der Waals surface area contributed by atoms with Gasteiger partial charge in [-0.2, -0.15) is 5.10 Å². The highest BCUT2D eigenvalue weighted by atomic mass is 16.5. The molecule has 106 valence electrons. The Morgan fingerprint density at radius 1 is 1.35 bits per heavy atom. The van der Waals surface area contributed by atoms with E-state index in [4.69, 9.17) is 4.74 Å². The molecule has 0 spiro atoms. The zero-order valence-electron chi connectivity index (χ0n) is 11.5. The average molecular weight is 274 g/mol. The summed E-state index contributed by atoms with van der Waals surface area (Å²) in [5.41, 5.74) is 1.12. The predicted octanol–water partition coefficient (Wildman–Crippen LogP) is 0.556. The number of hydrogen-bond acceptors (Lipinski definition) is 5. The fraction of sp³-hybridized carbons (Fsp3) is 0.615. The van der Waals surface area contributed by atoms with Crippen LogP contribution in [0.5, 0.6) is 0 Å². The lowest BCUT2D eigenvalue weighted by atomic mass is 10.1. The smallest absolute Gasteiger partial charge is 0.162 e. The van der Waals surface area contributed by atoms with Gasteiger partial charge in [0, 0.05) is 38.5 Å². The van der Waals surface area contributed by atoms with Crippen LogP contribution in [0.4, 0.5) is 0 Å². The van der Waals surface area contributed by atoms with Crippen molar-refractivity contribution >= 4 is 0 Å². The molecule has 0 aliphatic carbocycles. The lowest BCUT2D eigenvalue weighted by Crippen LogP contribution is -2.35. The molecule has 2 aromatic heterocycles. The summed E-state index contributed by atoms with van der Waals surface area (Å²) >= 11 is 0. The number of nitrogens with one attached hydrogen (secondary N) is 1. The third kappa shape index (κ3) is 1.85. The molecule has 1 N–H and O–H groups in total. The molecule has 0 aromatic carbocycles. The van der Waals surface area contributed by atoms with Gasteiger partial charge in [0.2, 0.25) is 0 Å². The van der Waals surface area contributed by atoms with Gasteiger partial charge in [0.15, 0.2) is 11.6 Å². The van der Waals surface area contributed by atoms with Gasteiger partial charge in [-0.25, -0.2) is 0 Å². The van der Waals surface area contributed by atoms with E-state index < -0.39 is 0 Å². The summed E-state index contributed by atoms with van der Waals surface area (Å²) in [4.78, 5) is 0. The fourth-order valence-corrected chi connectivity index (χ4v) is 3.06. The van der Waals surface area contributed by atoms with Crippen molar-refractivity contribution in [1.82, 2.24) is 29.9 Å². The Hall–Kier alpha value is -1.73. The normalized spacial score (nSPS) is 25.9. The van der Waals surface area contributed by atoms with Gasteiger partial charge in [-0.05, 0) is 12.8 Å². The van der Waals surface area contributed by atoms with Gasteiger partial charge in [0.25, 0.3) is 0 Å². The minimum absolute atomic E-state index is 0.0695. The second-order valence-electron chi connectivity index (χ2n) is 5.40. The van der Waals surface area contributed by atoms with Crippen LogP contribution in [0, 0.1) is 0 Å². The molecular formula is C13H18N6O. The Balaban J connectivity index is 1.71. The molecule has 4 heterocycles. The standard InChI is InChI=1S/C13H18N6O/c1-18-8-9(7-15-18)11-13-17-16-12(10-3-2-6-20-10)19(13)5-4-14-11/h7-8,10-11,14H,2-6H2,1H3. The van der Waals surface area contributed by atoms with E-state index in [0.717, 1.165) is 49.8 Å². The van der Waals surface area contributed by atoms with E-state index in [2.05, 4.69) is 25.2 Å². The molecule has 0 bridgehead atoms. The Labute approximate surface area is 116 Å². The van der Waals surface area contributed by atoms with Crippen molar-refractivity contribution in [2.45, 2.75) is 31.5 Å². The van der Waals surface area contributed by atoms with Crippen molar-refractivity contribution < 1.29 is 4.74 Å². The van der Waals surface area contributed by atoms with E-state index in [-0.39, 0.29) is 12.1 Å². The number of ether oxygens (including phenoxy) is 1. The Kier molecular flexibility index (Phi) is 2.82. The summed E-state index contributed by atoms with van der Waals surface area (Å²) in [5.74, 6) is 1.95. The number of hydrogen-bond donors (Lipinski definition) is 1. The zero-order valence-corrected chi connectivity index (χ0v) is 11.5. The van der Waals surface area contributed by atoms with Crippen molar-refractivity contribution in [3.05, 3.63) is 29.6 Å². The van der Waals surface area contributed by atoms with Crippen molar-refractivity contribution in [3.63, 3.8) is 0 Å². The first kappa shape index (κ1) is 12.0. The number of aromatic nitrogens is 5. The molecule has 2 aromatic rings. The second kappa shape index (κ2) is 4.68. The van der Waals surface area contributed by atoms with Crippen molar-refractivity contribution in [1.29, 1.82) is 0 Å². The molecular weight excluding hydrogens is 256 g/mol. The van der Waals surface area contributed by atoms with Gasteiger partial charge < -0.3 is 14.6 Å². The highest BCUT2D eigenvalue weighted by Gasteiger charge is 2.31. The molecule has 2 aliphatic rings. The first-order valence-electron chi connectivity index (χ1n) is 7.09. The SMILES string of the molecule is Cn1cc(C2NCCn3c(C4CCCO4)nnc32)cn1. The second-order valence-corrected chi connectivity index (χ2v) is 5.40. The molecule has 2 atom stereocenters. The molecule has 0 saturated carbocycles.